The number of nitrogens with one attached hydrogen (secondary N) is 2. The lowest BCUT2D eigenvalue weighted by Crippen LogP contribution is -2.27. The molecule has 0 atom stereocenters. The van der Waals surface area contributed by atoms with Crippen LogP contribution < -0.4 is 0 Å². The third-order valence-corrected chi connectivity index (χ3v) is 3.92. The smallest absolute Gasteiger partial charge is 0.260 e. The highest BCUT2D eigenvalue weighted by molar-refractivity contribution is 7.89. The van der Waals surface area contributed by atoms with Crippen molar-refractivity contribution in [2.75, 3.05) is 7.05 Å². The van der Waals surface area contributed by atoms with Crippen LogP contribution in [-0.2, 0) is 16.6 Å². The fourth-order valence-electron chi connectivity index (χ4n) is 1.30. The van der Waals surface area contributed by atoms with Gasteiger partial charge in [-0.3, -0.25) is 5.10 Å². The van der Waals surface area contributed by atoms with Crippen LogP contribution in [0, 0.1) is 6.92 Å². The second-order valence-electron chi connectivity index (χ2n) is 3.53. The van der Waals surface area contributed by atoms with Crippen LogP contribution in [0.1, 0.15) is 11.6 Å². The molecule has 2 rings (SSSR count). The van der Waals surface area contributed by atoms with Crippen molar-refractivity contribution in [1.29, 1.82) is 0 Å². The number of hydrogen-bond donors (Lipinski definition) is 2. The molecule has 0 radical (unpaired) electrons. The summed E-state index contributed by atoms with van der Waals surface area (Å²) in [6.45, 7) is 1.82. The molecule has 0 amide bonds. The molecule has 0 aliphatic rings. The molecule has 0 saturated heterocycles. The summed E-state index contributed by atoms with van der Waals surface area (Å²) in [5.41, 5.74) is 0. The molecule has 17 heavy (non-hydrogen) atoms. The Hall–Kier alpha value is -1.74. The Balaban J connectivity index is 2.21. The molecule has 0 aliphatic heterocycles. The summed E-state index contributed by atoms with van der Waals surface area (Å²) >= 11 is 0. The van der Waals surface area contributed by atoms with E-state index in [4.69, 9.17) is 0 Å². The van der Waals surface area contributed by atoms with Gasteiger partial charge in [-0.2, -0.15) is 9.40 Å². The Bertz CT molecular complexity index is 587. The maximum atomic E-state index is 12.1. The second-order valence-corrected chi connectivity index (χ2v) is 5.54. The van der Waals surface area contributed by atoms with E-state index in [1.165, 1.54) is 23.9 Å². The molecule has 0 spiro atoms. The minimum absolute atomic E-state index is 0.0667. The van der Waals surface area contributed by atoms with Gasteiger partial charge in [0.15, 0.2) is 5.03 Å². The van der Waals surface area contributed by atoms with Gasteiger partial charge >= 0.3 is 0 Å². The molecule has 0 aliphatic carbocycles. The first-order valence-corrected chi connectivity index (χ1v) is 6.26. The van der Waals surface area contributed by atoms with Gasteiger partial charge in [0.1, 0.15) is 18.0 Å². The highest BCUT2D eigenvalue weighted by atomic mass is 32.2. The summed E-state index contributed by atoms with van der Waals surface area (Å²) < 4.78 is 25.3. The Kier molecular flexibility index (Phi) is 2.94. The molecule has 0 bridgehead atoms. The average molecular weight is 256 g/mol. The van der Waals surface area contributed by atoms with Crippen molar-refractivity contribution in [3.8, 4) is 0 Å². The number of aromatic amines is 2. The highest BCUT2D eigenvalue weighted by Gasteiger charge is 2.23. The zero-order valence-corrected chi connectivity index (χ0v) is 10.2. The van der Waals surface area contributed by atoms with Crippen LogP contribution >= 0.6 is 0 Å². The predicted octanol–water partition coefficient (Wildman–Crippen LogP) is -0.343. The molecular weight excluding hydrogens is 244 g/mol. The fourth-order valence-corrected chi connectivity index (χ4v) is 2.39. The largest absolute Gasteiger partial charge is 0.332 e. The number of aromatic nitrogens is 5. The van der Waals surface area contributed by atoms with Gasteiger partial charge in [-0.15, -0.1) is 0 Å². The van der Waals surface area contributed by atoms with Crippen molar-refractivity contribution in [1.82, 2.24) is 29.5 Å². The van der Waals surface area contributed by atoms with Crippen molar-refractivity contribution >= 4 is 10.0 Å². The summed E-state index contributed by atoms with van der Waals surface area (Å²) in [6.07, 6.45) is 2.62. The zero-order chi connectivity index (χ0) is 12.5. The van der Waals surface area contributed by atoms with Crippen molar-refractivity contribution in [2.45, 2.75) is 18.5 Å². The number of H-pyrrole nitrogens is 2. The van der Waals surface area contributed by atoms with Crippen molar-refractivity contribution in [3.63, 3.8) is 0 Å². The third kappa shape index (κ3) is 2.34. The maximum Gasteiger partial charge on any atom is 0.260 e. The molecule has 0 saturated carbocycles. The summed E-state index contributed by atoms with van der Waals surface area (Å²) in [6, 6.07) is 0. The summed E-state index contributed by atoms with van der Waals surface area (Å²) in [7, 11) is -2.10. The van der Waals surface area contributed by atoms with Crippen molar-refractivity contribution in [3.05, 3.63) is 24.2 Å². The van der Waals surface area contributed by atoms with E-state index in [0.717, 1.165) is 0 Å². The minimum Gasteiger partial charge on any atom is -0.332 e. The molecule has 0 unspecified atom stereocenters. The second kappa shape index (κ2) is 4.26. The lowest BCUT2D eigenvalue weighted by atomic mass is 10.6. The van der Waals surface area contributed by atoms with Gasteiger partial charge in [0.05, 0.1) is 12.7 Å². The topological polar surface area (TPSA) is 108 Å². The normalized spacial score (nSPS) is 12.2. The molecule has 9 heteroatoms. The number of rotatable bonds is 4. The molecule has 8 nitrogen and oxygen atoms in total. The van der Waals surface area contributed by atoms with E-state index >= 15 is 0 Å². The van der Waals surface area contributed by atoms with Gasteiger partial charge in [0, 0.05) is 7.05 Å². The highest BCUT2D eigenvalue weighted by Crippen LogP contribution is 2.12. The van der Waals surface area contributed by atoms with Gasteiger partial charge in [-0.25, -0.2) is 18.4 Å². The molecular formula is C8H12N6O2S. The quantitative estimate of drug-likeness (QED) is 0.777. The minimum atomic E-state index is -3.57. The monoisotopic (exact) mass is 256 g/mol. The molecule has 0 aromatic carbocycles. The van der Waals surface area contributed by atoms with E-state index in [9.17, 15) is 8.42 Å². The van der Waals surface area contributed by atoms with Crippen LogP contribution in [0.4, 0.5) is 0 Å². The van der Waals surface area contributed by atoms with Crippen molar-refractivity contribution in [2.24, 2.45) is 0 Å². The summed E-state index contributed by atoms with van der Waals surface area (Å²) in [4.78, 5) is 10.4. The van der Waals surface area contributed by atoms with Gasteiger partial charge < -0.3 is 4.98 Å². The van der Waals surface area contributed by atoms with Crippen molar-refractivity contribution < 1.29 is 8.42 Å². The average Bonchev–Trinajstić information content (AvgIpc) is 2.89. The summed E-state index contributed by atoms with van der Waals surface area (Å²) in [5.74, 6) is 1.03. The lowest BCUT2D eigenvalue weighted by Gasteiger charge is -2.13. The van der Waals surface area contributed by atoms with Crippen LogP contribution in [0.3, 0.4) is 0 Å². The lowest BCUT2D eigenvalue weighted by molar-refractivity contribution is 0.455. The first-order valence-electron chi connectivity index (χ1n) is 4.82. The third-order valence-electron chi connectivity index (χ3n) is 2.21. The Morgan fingerprint density at radius 3 is 2.71 bits per heavy atom. The predicted molar refractivity (Wildman–Crippen MR) is 58.4 cm³/mol. The molecule has 2 aromatic heterocycles. The standard InChI is InChI=1S/C8H12N6O2S/c1-6-9-3-8(12-6)17(15,16)14(2)4-7-10-5-11-13-7/h3,5H,4H2,1-2H3,(H,9,12)(H,10,11,13). The van der Waals surface area contributed by atoms with E-state index in [2.05, 4.69) is 25.1 Å². The molecule has 0 fully saturated rings. The van der Waals surface area contributed by atoms with E-state index in [-0.39, 0.29) is 11.6 Å². The van der Waals surface area contributed by atoms with E-state index in [1.807, 2.05) is 0 Å². The summed E-state index contributed by atoms with van der Waals surface area (Å²) in [5, 5.41) is 6.33. The molecule has 2 N–H and O–H groups in total. The van der Waals surface area contributed by atoms with Gasteiger partial charge in [-0.1, -0.05) is 0 Å². The Labute approximate surface area is 98.1 Å². The number of sulfonamides is 1. The number of imidazole rings is 1. The molecule has 2 heterocycles. The van der Waals surface area contributed by atoms with Gasteiger partial charge in [0.25, 0.3) is 10.0 Å². The van der Waals surface area contributed by atoms with E-state index < -0.39 is 10.0 Å². The fraction of sp³-hybridized carbons (Fsp3) is 0.375. The first-order chi connectivity index (χ1) is 8.00. The zero-order valence-electron chi connectivity index (χ0n) is 9.38. The van der Waals surface area contributed by atoms with Crippen LogP contribution in [-0.4, -0.2) is 44.9 Å². The van der Waals surface area contributed by atoms with Crippen LogP contribution in [0.2, 0.25) is 0 Å². The Morgan fingerprint density at radius 2 is 2.18 bits per heavy atom. The van der Waals surface area contributed by atoms with E-state index in [1.54, 1.807) is 6.92 Å². The molecule has 92 valence electrons. The molecule has 2 aromatic rings. The van der Waals surface area contributed by atoms with Crippen LogP contribution in [0.15, 0.2) is 17.6 Å². The van der Waals surface area contributed by atoms with Crippen LogP contribution in [0.25, 0.3) is 0 Å². The van der Waals surface area contributed by atoms with Crippen LogP contribution in [0.5, 0.6) is 0 Å². The number of nitrogens with zero attached hydrogens (tertiary/aromatic N) is 4. The SMILES string of the molecule is Cc1ncc(S(=O)(=O)N(C)Cc2ncn[nH]2)[nH]1. The van der Waals surface area contributed by atoms with Gasteiger partial charge in [0.2, 0.25) is 0 Å². The Morgan fingerprint density at radius 1 is 1.41 bits per heavy atom. The number of hydrogen-bond acceptors (Lipinski definition) is 5. The number of aryl methyl sites for hydroxylation is 1. The van der Waals surface area contributed by atoms with Gasteiger partial charge in [-0.05, 0) is 6.92 Å². The first kappa shape index (κ1) is 11.7. The van der Waals surface area contributed by atoms with E-state index in [0.29, 0.717) is 11.6 Å². The maximum absolute atomic E-state index is 12.1.